The number of likely N-dealkylation sites (N-methyl/N-ethyl adjacent to an activating group) is 1. The molecular formula is C23H24FN7O2. The number of carbonyl (C=O) groups excluding carboxylic acids is 1. The van der Waals surface area contributed by atoms with Crippen LogP contribution in [0, 0.1) is 5.82 Å². The highest BCUT2D eigenvalue weighted by atomic mass is 19.1. The number of rotatable bonds is 6. The number of pyridine rings is 1. The molecule has 5 rings (SSSR count). The third kappa shape index (κ3) is 3.75. The summed E-state index contributed by atoms with van der Waals surface area (Å²) in [4.78, 5) is 37.4. The second kappa shape index (κ2) is 8.34. The van der Waals surface area contributed by atoms with Crippen molar-refractivity contribution in [2.45, 2.75) is 31.2 Å². The molecule has 1 atom stereocenters. The molecular weight excluding hydrogens is 425 g/mol. The minimum atomic E-state index is -0.561. The maximum absolute atomic E-state index is 15.8. The van der Waals surface area contributed by atoms with Crippen LogP contribution < -0.4 is 9.64 Å². The third-order valence-electron chi connectivity index (χ3n) is 6.32. The summed E-state index contributed by atoms with van der Waals surface area (Å²) in [7, 11) is 3.32. The first-order valence-corrected chi connectivity index (χ1v) is 10.9. The molecule has 1 saturated heterocycles. The molecule has 1 unspecified atom stereocenters. The van der Waals surface area contributed by atoms with E-state index in [1.807, 2.05) is 11.9 Å². The van der Waals surface area contributed by atoms with E-state index < -0.39 is 5.82 Å². The molecule has 0 spiro atoms. The monoisotopic (exact) mass is 449 g/mol. The molecule has 0 aromatic carbocycles. The number of aromatic nitrogens is 5. The molecule has 170 valence electrons. The van der Waals surface area contributed by atoms with Crippen LogP contribution in [0.1, 0.15) is 30.9 Å². The number of halogens is 1. The van der Waals surface area contributed by atoms with E-state index in [1.54, 1.807) is 17.3 Å². The van der Waals surface area contributed by atoms with Gasteiger partial charge in [-0.05, 0) is 25.3 Å². The van der Waals surface area contributed by atoms with Gasteiger partial charge in [0.05, 0.1) is 18.2 Å². The first kappa shape index (κ1) is 21.2. The molecule has 9 nitrogen and oxygen atoms in total. The highest BCUT2D eigenvalue weighted by Crippen LogP contribution is 2.43. The number of methoxy groups -OCH3 is 1. The summed E-state index contributed by atoms with van der Waals surface area (Å²) in [6.45, 7) is 4.70. The van der Waals surface area contributed by atoms with Crippen LogP contribution in [0.4, 0.5) is 10.2 Å². The fraction of sp³-hybridized carbons (Fsp3) is 0.391. The number of anilines is 1. The maximum atomic E-state index is 15.8. The average molecular weight is 449 g/mol. The van der Waals surface area contributed by atoms with Crippen molar-refractivity contribution in [2.24, 2.45) is 0 Å². The van der Waals surface area contributed by atoms with Gasteiger partial charge in [0.15, 0.2) is 5.82 Å². The zero-order valence-corrected chi connectivity index (χ0v) is 18.5. The van der Waals surface area contributed by atoms with Crippen LogP contribution in [0.2, 0.25) is 0 Å². The van der Waals surface area contributed by atoms with Crippen molar-refractivity contribution >= 4 is 22.6 Å². The normalized spacial score (nSPS) is 17.9. The van der Waals surface area contributed by atoms with Crippen molar-refractivity contribution in [3.05, 3.63) is 42.9 Å². The summed E-state index contributed by atoms with van der Waals surface area (Å²) < 4.78 is 21.1. The summed E-state index contributed by atoms with van der Waals surface area (Å²) >= 11 is 0. The van der Waals surface area contributed by atoms with Gasteiger partial charge in [-0.25, -0.2) is 14.4 Å². The van der Waals surface area contributed by atoms with Crippen molar-refractivity contribution in [1.82, 2.24) is 29.8 Å². The zero-order valence-electron chi connectivity index (χ0n) is 18.5. The predicted octanol–water partition coefficient (Wildman–Crippen LogP) is 2.73. The van der Waals surface area contributed by atoms with E-state index in [9.17, 15) is 4.79 Å². The second-order valence-electron chi connectivity index (χ2n) is 8.35. The van der Waals surface area contributed by atoms with E-state index in [1.165, 1.54) is 19.5 Å². The van der Waals surface area contributed by atoms with Crippen LogP contribution in [0.25, 0.3) is 22.2 Å². The molecule has 1 aliphatic carbocycles. The molecule has 0 N–H and O–H groups in total. The zero-order chi connectivity index (χ0) is 23.1. The SMILES string of the molecule is C=CC(=O)N1CCC(N(C)c2nc(OC)nc3c(F)c(-c4cncnc4C4CC4)ncc23)C1. The lowest BCUT2D eigenvalue weighted by atomic mass is 10.1. The first-order valence-electron chi connectivity index (χ1n) is 10.9. The van der Waals surface area contributed by atoms with Gasteiger partial charge in [0.2, 0.25) is 5.91 Å². The highest BCUT2D eigenvalue weighted by molar-refractivity contribution is 5.92. The van der Waals surface area contributed by atoms with Crippen LogP contribution in [-0.2, 0) is 4.79 Å². The average Bonchev–Trinajstić information content (AvgIpc) is 3.58. The second-order valence-corrected chi connectivity index (χ2v) is 8.35. The molecule has 0 radical (unpaired) electrons. The lowest BCUT2D eigenvalue weighted by Gasteiger charge is -2.27. The van der Waals surface area contributed by atoms with E-state index >= 15 is 4.39 Å². The van der Waals surface area contributed by atoms with Gasteiger partial charge in [0.25, 0.3) is 0 Å². The van der Waals surface area contributed by atoms with Crippen LogP contribution in [0.15, 0.2) is 31.4 Å². The van der Waals surface area contributed by atoms with Crippen molar-refractivity contribution in [1.29, 1.82) is 0 Å². The van der Waals surface area contributed by atoms with Crippen molar-refractivity contribution in [3.63, 3.8) is 0 Å². The maximum Gasteiger partial charge on any atom is 0.318 e. The van der Waals surface area contributed by atoms with Crippen molar-refractivity contribution in [3.8, 4) is 17.3 Å². The van der Waals surface area contributed by atoms with Gasteiger partial charge in [-0.2, -0.15) is 9.97 Å². The number of nitrogens with zero attached hydrogens (tertiary/aromatic N) is 7. The van der Waals surface area contributed by atoms with Crippen molar-refractivity contribution in [2.75, 3.05) is 32.1 Å². The van der Waals surface area contributed by atoms with Gasteiger partial charge in [-0.15, -0.1) is 0 Å². The molecule has 1 saturated carbocycles. The minimum Gasteiger partial charge on any atom is -0.467 e. The largest absolute Gasteiger partial charge is 0.467 e. The highest BCUT2D eigenvalue weighted by Gasteiger charge is 2.32. The molecule has 4 heterocycles. The Balaban J connectivity index is 1.58. The molecule has 10 heteroatoms. The van der Waals surface area contributed by atoms with E-state index in [4.69, 9.17) is 4.74 Å². The molecule has 1 aliphatic heterocycles. The van der Waals surface area contributed by atoms with Gasteiger partial charge in [0, 0.05) is 50.1 Å². The number of hydrogen-bond donors (Lipinski definition) is 0. The Morgan fingerprint density at radius 3 is 2.82 bits per heavy atom. The lowest BCUT2D eigenvalue weighted by Crippen LogP contribution is -2.36. The van der Waals surface area contributed by atoms with Crippen LogP contribution in [0.3, 0.4) is 0 Å². The number of amides is 1. The predicted molar refractivity (Wildman–Crippen MR) is 120 cm³/mol. The number of fused-ring (bicyclic) bond motifs is 1. The molecule has 3 aromatic rings. The number of likely N-dealkylation sites (tertiary alicyclic amines) is 1. The summed E-state index contributed by atoms with van der Waals surface area (Å²) in [5, 5.41) is 0.470. The summed E-state index contributed by atoms with van der Waals surface area (Å²) in [5.41, 5.74) is 1.69. The third-order valence-corrected chi connectivity index (χ3v) is 6.32. The summed E-state index contributed by atoms with van der Waals surface area (Å²) in [6, 6.07) is 0.0626. The van der Waals surface area contributed by atoms with Crippen molar-refractivity contribution < 1.29 is 13.9 Å². The molecule has 2 fully saturated rings. The Morgan fingerprint density at radius 2 is 2.09 bits per heavy atom. The van der Waals surface area contributed by atoms with E-state index in [2.05, 4.69) is 31.5 Å². The van der Waals surface area contributed by atoms with Gasteiger partial charge in [-0.3, -0.25) is 9.78 Å². The van der Waals surface area contributed by atoms with E-state index in [0.29, 0.717) is 35.8 Å². The quantitative estimate of drug-likeness (QED) is 0.530. The number of ether oxygens (including phenoxy) is 1. The molecule has 1 amide bonds. The van der Waals surface area contributed by atoms with Gasteiger partial charge >= 0.3 is 6.01 Å². The topological polar surface area (TPSA) is 97.2 Å². The fourth-order valence-electron chi connectivity index (χ4n) is 4.33. The van der Waals surface area contributed by atoms with Crippen LogP contribution in [-0.4, -0.2) is 69.0 Å². The Morgan fingerprint density at radius 1 is 1.27 bits per heavy atom. The smallest absolute Gasteiger partial charge is 0.318 e. The Kier molecular flexibility index (Phi) is 5.35. The van der Waals surface area contributed by atoms with Gasteiger partial charge in [-0.1, -0.05) is 6.58 Å². The number of carbonyl (C=O) groups is 1. The summed E-state index contributed by atoms with van der Waals surface area (Å²) in [6.07, 6.45) is 8.79. The van der Waals surface area contributed by atoms with Crippen LogP contribution >= 0.6 is 0 Å². The minimum absolute atomic E-state index is 0.00318. The lowest BCUT2D eigenvalue weighted by molar-refractivity contribution is -0.125. The van der Waals surface area contributed by atoms with E-state index in [0.717, 1.165) is 25.0 Å². The first-order chi connectivity index (χ1) is 16.0. The molecule has 2 aliphatic rings. The van der Waals surface area contributed by atoms with Crippen LogP contribution in [0.5, 0.6) is 6.01 Å². The van der Waals surface area contributed by atoms with E-state index in [-0.39, 0.29) is 29.2 Å². The fourth-order valence-corrected chi connectivity index (χ4v) is 4.33. The summed E-state index contributed by atoms with van der Waals surface area (Å²) in [5.74, 6) is 0.143. The van der Waals surface area contributed by atoms with Gasteiger partial charge in [0.1, 0.15) is 23.4 Å². The number of hydrogen-bond acceptors (Lipinski definition) is 8. The Bertz CT molecular complexity index is 1250. The molecule has 3 aromatic heterocycles. The van der Waals surface area contributed by atoms with Gasteiger partial charge < -0.3 is 14.5 Å². The Hall–Kier alpha value is -3.69. The molecule has 33 heavy (non-hydrogen) atoms. The Labute approximate surface area is 190 Å². The standard InChI is InChI=1S/C23H24FN7O2/c1-4-17(32)31-8-7-14(11-31)30(2)22-16-10-26-20(18(24)21(16)28-23(29-22)33-3)15-9-25-12-27-19(15)13-5-6-13/h4,9-10,12-14H,1,5-8,11H2,2-3H3. The molecule has 0 bridgehead atoms.